The Morgan fingerprint density at radius 3 is 2.12 bits per heavy atom. The van der Waals surface area contributed by atoms with Crippen LogP contribution in [0.1, 0.15) is 21.5 Å². The smallest absolute Gasteiger partial charge is 0.336 e. The highest BCUT2D eigenvalue weighted by molar-refractivity contribution is 6.40. The van der Waals surface area contributed by atoms with Crippen LogP contribution in [-0.4, -0.2) is 29.9 Å². The number of ether oxygens (including phenoxy) is 1. The SMILES string of the molecule is O=C(/C=C/c1ccccc1)Oc1ccc(/C=N/NC(=O)C(=O)Nc2ccccc2C(=O)Nc2ccc(Cl)cc2)cc1. The van der Waals surface area contributed by atoms with E-state index in [0.29, 0.717) is 22.0 Å². The lowest BCUT2D eigenvalue weighted by molar-refractivity contribution is -0.136. The van der Waals surface area contributed by atoms with Gasteiger partial charge in [-0.3, -0.25) is 14.4 Å². The van der Waals surface area contributed by atoms with E-state index in [1.807, 2.05) is 30.3 Å². The Hall–Kier alpha value is -5.54. The number of para-hydroxylation sites is 1. The summed E-state index contributed by atoms with van der Waals surface area (Å²) in [7, 11) is 0. The number of hydrogen-bond acceptors (Lipinski definition) is 6. The van der Waals surface area contributed by atoms with Gasteiger partial charge in [0, 0.05) is 16.8 Å². The third kappa shape index (κ3) is 8.74. The van der Waals surface area contributed by atoms with Gasteiger partial charge in [-0.15, -0.1) is 0 Å². The maximum atomic E-state index is 12.7. The second-order valence-electron chi connectivity index (χ2n) is 8.39. The van der Waals surface area contributed by atoms with Crippen molar-refractivity contribution in [3.05, 3.63) is 131 Å². The van der Waals surface area contributed by atoms with Gasteiger partial charge in [0.25, 0.3) is 5.91 Å². The maximum absolute atomic E-state index is 12.7. The second kappa shape index (κ2) is 14.0. The van der Waals surface area contributed by atoms with Gasteiger partial charge in [0.15, 0.2) is 0 Å². The zero-order valence-electron chi connectivity index (χ0n) is 21.4. The summed E-state index contributed by atoms with van der Waals surface area (Å²) in [5.41, 5.74) is 4.40. The predicted octanol–water partition coefficient (Wildman–Crippen LogP) is 5.30. The molecule has 204 valence electrons. The summed E-state index contributed by atoms with van der Waals surface area (Å²) in [4.78, 5) is 49.4. The molecule has 0 spiro atoms. The number of hydrogen-bond donors (Lipinski definition) is 3. The van der Waals surface area contributed by atoms with Crippen LogP contribution in [0.2, 0.25) is 5.02 Å². The van der Waals surface area contributed by atoms with Crippen LogP contribution in [0.3, 0.4) is 0 Å². The zero-order valence-corrected chi connectivity index (χ0v) is 22.2. The summed E-state index contributed by atoms with van der Waals surface area (Å²) in [5, 5.41) is 9.43. The lowest BCUT2D eigenvalue weighted by atomic mass is 10.1. The van der Waals surface area contributed by atoms with Gasteiger partial charge in [0.05, 0.1) is 17.5 Å². The Morgan fingerprint density at radius 1 is 0.707 bits per heavy atom. The Morgan fingerprint density at radius 2 is 1.39 bits per heavy atom. The minimum absolute atomic E-state index is 0.145. The van der Waals surface area contributed by atoms with E-state index in [1.54, 1.807) is 66.7 Å². The van der Waals surface area contributed by atoms with Crippen LogP contribution in [-0.2, 0) is 14.4 Å². The molecule has 0 aliphatic rings. The number of benzene rings is 4. The number of esters is 1. The highest BCUT2D eigenvalue weighted by Gasteiger charge is 2.17. The molecule has 0 bridgehead atoms. The number of hydrazone groups is 1. The first kappa shape index (κ1) is 28.5. The quantitative estimate of drug-likeness (QED) is 0.0666. The number of nitrogens with one attached hydrogen (secondary N) is 3. The predicted molar refractivity (Wildman–Crippen MR) is 158 cm³/mol. The average Bonchev–Trinajstić information content (AvgIpc) is 2.99. The van der Waals surface area contributed by atoms with Gasteiger partial charge in [-0.1, -0.05) is 54.1 Å². The fraction of sp³-hybridized carbons (Fsp3) is 0. The molecule has 4 aromatic carbocycles. The third-order valence-corrected chi connectivity index (χ3v) is 5.67. The molecule has 0 heterocycles. The first-order chi connectivity index (χ1) is 19.9. The maximum Gasteiger partial charge on any atom is 0.336 e. The minimum Gasteiger partial charge on any atom is -0.423 e. The molecule has 0 aliphatic heterocycles. The topological polar surface area (TPSA) is 126 Å². The molecule has 3 amide bonds. The molecular weight excluding hydrogens is 544 g/mol. The van der Waals surface area contributed by atoms with E-state index in [2.05, 4.69) is 21.2 Å². The fourth-order valence-electron chi connectivity index (χ4n) is 3.42. The Labute approximate surface area is 240 Å². The van der Waals surface area contributed by atoms with Crippen LogP contribution in [0.4, 0.5) is 11.4 Å². The van der Waals surface area contributed by atoms with E-state index in [4.69, 9.17) is 16.3 Å². The van der Waals surface area contributed by atoms with E-state index in [1.165, 1.54) is 24.4 Å². The first-order valence-electron chi connectivity index (χ1n) is 12.2. The largest absolute Gasteiger partial charge is 0.423 e. The van der Waals surface area contributed by atoms with Crippen LogP contribution >= 0.6 is 11.6 Å². The van der Waals surface area contributed by atoms with Crippen LogP contribution in [0.25, 0.3) is 6.08 Å². The summed E-state index contributed by atoms with van der Waals surface area (Å²) in [5.74, 6) is -2.74. The molecule has 9 nitrogen and oxygen atoms in total. The van der Waals surface area contributed by atoms with Crippen molar-refractivity contribution in [3.63, 3.8) is 0 Å². The summed E-state index contributed by atoms with van der Waals surface area (Å²) < 4.78 is 5.26. The molecule has 0 aromatic heterocycles. The van der Waals surface area contributed by atoms with Crippen molar-refractivity contribution in [1.29, 1.82) is 0 Å². The number of anilines is 2. The molecule has 0 unspecified atom stereocenters. The normalized spacial score (nSPS) is 10.8. The highest BCUT2D eigenvalue weighted by Crippen LogP contribution is 2.19. The van der Waals surface area contributed by atoms with Gasteiger partial charge in [-0.25, -0.2) is 10.2 Å². The van der Waals surface area contributed by atoms with E-state index in [9.17, 15) is 19.2 Å². The Balaban J connectivity index is 1.28. The molecule has 4 aromatic rings. The molecule has 0 radical (unpaired) electrons. The molecule has 0 saturated carbocycles. The lowest BCUT2D eigenvalue weighted by Gasteiger charge is -2.11. The molecule has 3 N–H and O–H groups in total. The Bertz CT molecular complexity index is 1600. The number of rotatable bonds is 8. The first-order valence-corrected chi connectivity index (χ1v) is 12.6. The summed E-state index contributed by atoms with van der Waals surface area (Å²) in [6, 6.07) is 28.5. The van der Waals surface area contributed by atoms with Crippen LogP contribution < -0.4 is 20.8 Å². The molecule has 0 fully saturated rings. The van der Waals surface area contributed by atoms with Crippen LogP contribution in [0.5, 0.6) is 5.75 Å². The zero-order chi connectivity index (χ0) is 29.0. The average molecular weight is 567 g/mol. The van der Waals surface area contributed by atoms with Crippen molar-refractivity contribution in [2.75, 3.05) is 10.6 Å². The van der Waals surface area contributed by atoms with Gasteiger partial charge in [-0.2, -0.15) is 5.10 Å². The third-order valence-electron chi connectivity index (χ3n) is 5.42. The number of halogens is 1. The second-order valence-corrected chi connectivity index (χ2v) is 8.83. The molecule has 0 saturated heterocycles. The standard InChI is InChI=1S/C31H23ClN4O5/c32-23-13-15-24(16-14-23)34-29(38)26-8-4-5-9-27(26)35-30(39)31(40)36-33-20-22-10-17-25(18-11-22)41-28(37)19-12-21-6-2-1-3-7-21/h1-20H,(H,34,38)(H,35,39)(H,36,40)/b19-12+,33-20+. The molecule has 10 heteroatoms. The van der Waals surface area contributed by atoms with E-state index in [-0.39, 0.29) is 11.3 Å². The Kier molecular flexibility index (Phi) is 9.73. The minimum atomic E-state index is -1.04. The van der Waals surface area contributed by atoms with Crippen molar-refractivity contribution in [2.45, 2.75) is 0 Å². The van der Waals surface area contributed by atoms with Crippen LogP contribution in [0.15, 0.2) is 114 Å². The van der Waals surface area contributed by atoms with Crippen molar-refractivity contribution < 1.29 is 23.9 Å². The van der Waals surface area contributed by atoms with Crippen molar-refractivity contribution in [3.8, 4) is 5.75 Å². The van der Waals surface area contributed by atoms with Crippen LogP contribution in [0, 0.1) is 0 Å². The monoisotopic (exact) mass is 566 g/mol. The molecular formula is C31H23ClN4O5. The van der Waals surface area contributed by atoms with Gasteiger partial charge in [-0.05, 0) is 77.9 Å². The van der Waals surface area contributed by atoms with Crippen molar-refractivity contribution >= 4 is 59.0 Å². The summed E-state index contributed by atoms with van der Waals surface area (Å²) in [6.07, 6.45) is 4.30. The number of nitrogens with zero attached hydrogens (tertiary/aromatic N) is 1. The number of carbonyl (C=O) groups is 4. The molecule has 4 rings (SSSR count). The fourth-order valence-corrected chi connectivity index (χ4v) is 3.54. The highest BCUT2D eigenvalue weighted by atomic mass is 35.5. The van der Waals surface area contributed by atoms with Gasteiger partial charge >= 0.3 is 17.8 Å². The van der Waals surface area contributed by atoms with E-state index in [0.717, 1.165) is 5.56 Å². The van der Waals surface area contributed by atoms with Gasteiger partial charge in [0.1, 0.15) is 5.75 Å². The van der Waals surface area contributed by atoms with E-state index < -0.39 is 23.7 Å². The number of carbonyl (C=O) groups excluding carboxylic acids is 4. The lowest BCUT2D eigenvalue weighted by Crippen LogP contribution is -2.33. The number of amides is 3. The molecule has 0 atom stereocenters. The molecule has 0 aliphatic carbocycles. The van der Waals surface area contributed by atoms with Crippen molar-refractivity contribution in [2.24, 2.45) is 5.10 Å². The summed E-state index contributed by atoms with van der Waals surface area (Å²) >= 11 is 5.87. The van der Waals surface area contributed by atoms with Gasteiger partial charge < -0.3 is 15.4 Å². The molecule has 41 heavy (non-hydrogen) atoms. The van der Waals surface area contributed by atoms with E-state index >= 15 is 0 Å². The van der Waals surface area contributed by atoms with Gasteiger partial charge in [0.2, 0.25) is 0 Å². The summed E-state index contributed by atoms with van der Waals surface area (Å²) in [6.45, 7) is 0. The van der Waals surface area contributed by atoms with Crippen molar-refractivity contribution in [1.82, 2.24) is 5.43 Å².